The zero-order valence-corrected chi connectivity index (χ0v) is 10.6. The van der Waals surface area contributed by atoms with Crippen LogP contribution >= 0.6 is 0 Å². The van der Waals surface area contributed by atoms with E-state index in [-0.39, 0.29) is 0 Å². The first kappa shape index (κ1) is 11.8. The number of aryl methyl sites for hydroxylation is 2. The van der Waals surface area contributed by atoms with Crippen LogP contribution in [-0.4, -0.2) is 21.8 Å². The fourth-order valence-corrected chi connectivity index (χ4v) is 1.79. The Bertz CT molecular complexity index is 502. The maximum Gasteiger partial charge on any atom is 0.164 e. The molecule has 0 aliphatic carbocycles. The molecule has 2 rings (SSSR count). The molecule has 0 unspecified atom stereocenters. The van der Waals surface area contributed by atoms with Gasteiger partial charge in [0.2, 0.25) is 0 Å². The average Bonchev–Trinajstić information content (AvgIpc) is 2.72. The van der Waals surface area contributed by atoms with E-state index < -0.39 is 0 Å². The first-order chi connectivity index (χ1) is 8.19. The normalized spacial score (nSPS) is 10.8. The van der Waals surface area contributed by atoms with Crippen molar-refractivity contribution in [1.29, 1.82) is 0 Å². The van der Waals surface area contributed by atoms with Crippen molar-refractivity contribution in [2.75, 3.05) is 7.05 Å². The summed E-state index contributed by atoms with van der Waals surface area (Å²) in [7, 11) is 1.89. The van der Waals surface area contributed by atoms with Gasteiger partial charge in [-0.25, -0.2) is 9.67 Å². The van der Waals surface area contributed by atoms with E-state index in [1.165, 1.54) is 16.7 Å². The molecule has 0 radical (unpaired) electrons. The van der Waals surface area contributed by atoms with Crippen molar-refractivity contribution in [2.45, 2.75) is 26.9 Å². The van der Waals surface area contributed by atoms with Crippen LogP contribution in [0.25, 0.3) is 0 Å². The van der Waals surface area contributed by atoms with Gasteiger partial charge in [0.05, 0.1) is 13.1 Å². The van der Waals surface area contributed by atoms with Crippen LogP contribution in [0.2, 0.25) is 0 Å². The average molecular weight is 230 g/mol. The second kappa shape index (κ2) is 5.10. The fourth-order valence-electron chi connectivity index (χ4n) is 1.79. The molecule has 0 atom stereocenters. The summed E-state index contributed by atoms with van der Waals surface area (Å²) in [5.41, 5.74) is 3.87. The summed E-state index contributed by atoms with van der Waals surface area (Å²) in [5, 5.41) is 7.45. The standard InChI is InChI=1S/C13H18N4/c1-10-4-5-11(2)12(6-10)8-17-9-15-13(16-17)7-14-3/h4-6,9,14H,7-8H2,1-3H3. The zero-order valence-electron chi connectivity index (χ0n) is 10.6. The van der Waals surface area contributed by atoms with Gasteiger partial charge in [-0.05, 0) is 32.0 Å². The molecule has 4 nitrogen and oxygen atoms in total. The second-order valence-electron chi connectivity index (χ2n) is 4.32. The van der Waals surface area contributed by atoms with Crippen molar-refractivity contribution in [3.05, 3.63) is 47.0 Å². The Labute approximate surface area is 102 Å². The molecule has 0 bridgehead atoms. The molecule has 0 saturated heterocycles. The Hall–Kier alpha value is -1.68. The van der Waals surface area contributed by atoms with E-state index in [0.717, 1.165) is 12.4 Å². The third-order valence-corrected chi connectivity index (χ3v) is 2.76. The number of hydrogen-bond acceptors (Lipinski definition) is 3. The lowest BCUT2D eigenvalue weighted by molar-refractivity contribution is 0.656. The molecule has 1 N–H and O–H groups in total. The molecule has 1 aromatic carbocycles. The van der Waals surface area contributed by atoms with Crippen molar-refractivity contribution in [2.24, 2.45) is 0 Å². The van der Waals surface area contributed by atoms with E-state index in [0.29, 0.717) is 6.54 Å². The summed E-state index contributed by atoms with van der Waals surface area (Å²) in [6.07, 6.45) is 1.79. The lowest BCUT2D eigenvalue weighted by Gasteiger charge is -2.06. The molecule has 90 valence electrons. The van der Waals surface area contributed by atoms with Crippen molar-refractivity contribution >= 4 is 0 Å². The van der Waals surface area contributed by atoms with E-state index in [2.05, 4.69) is 47.4 Å². The minimum Gasteiger partial charge on any atom is -0.313 e. The van der Waals surface area contributed by atoms with E-state index >= 15 is 0 Å². The van der Waals surface area contributed by atoms with Crippen molar-refractivity contribution in [1.82, 2.24) is 20.1 Å². The van der Waals surface area contributed by atoms with E-state index in [1.807, 2.05) is 11.7 Å². The summed E-state index contributed by atoms with van der Waals surface area (Å²) in [6, 6.07) is 6.48. The molecule has 0 aliphatic rings. The van der Waals surface area contributed by atoms with Gasteiger partial charge < -0.3 is 5.32 Å². The minimum atomic E-state index is 0.708. The molecular formula is C13H18N4. The van der Waals surface area contributed by atoms with Gasteiger partial charge in [-0.15, -0.1) is 0 Å². The molecular weight excluding hydrogens is 212 g/mol. The lowest BCUT2D eigenvalue weighted by Crippen LogP contribution is -2.08. The minimum absolute atomic E-state index is 0.708. The number of aromatic nitrogens is 3. The number of nitrogens with zero attached hydrogens (tertiary/aromatic N) is 3. The highest BCUT2D eigenvalue weighted by molar-refractivity contribution is 5.30. The SMILES string of the molecule is CNCc1ncn(Cc2cc(C)ccc2C)n1. The third kappa shape index (κ3) is 2.91. The van der Waals surface area contributed by atoms with Crippen LogP contribution in [0.3, 0.4) is 0 Å². The Balaban J connectivity index is 2.16. The number of hydrogen-bond donors (Lipinski definition) is 1. The van der Waals surface area contributed by atoms with Crippen molar-refractivity contribution in [3.63, 3.8) is 0 Å². The van der Waals surface area contributed by atoms with Crippen molar-refractivity contribution in [3.8, 4) is 0 Å². The smallest absolute Gasteiger partial charge is 0.164 e. The van der Waals surface area contributed by atoms with Crippen LogP contribution < -0.4 is 5.32 Å². The van der Waals surface area contributed by atoms with E-state index in [9.17, 15) is 0 Å². The number of benzene rings is 1. The molecule has 0 spiro atoms. The molecule has 1 aromatic heterocycles. The van der Waals surface area contributed by atoms with Gasteiger partial charge >= 0.3 is 0 Å². The van der Waals surface area contributed by atoms with Crippen LogP contribution in [0.5, 0.6) is 0 Å². The predicted molar refractivity (Wildman–Crippen MR) is 67.8 cm³/mol. The van der Waals surface area contributed by atoms with Crippen molar-refractivity contribution < 1.29 is 0 Å². The van der Waals surface area contributed by atoms with Crippen LogP contribution in [-0.2, 0) is 13.1 Å². The Morgan fingerprint density at radius 2 is 2.12 bits per heavy atom. The summed E-state index contributed by atoms with van der Waals surface area (Å²) < 4.78 is 1.88. The Kier molecular flexibility index (Phi) is 3.54. The fraction of sp³-hybridized carbons (Fsp3) is 0.385. The van der Waals surface area contributed by atoms with Gasteiger partial charge in [0, 0.05) is 0 Å². The molecule has 0 fully saturated rings. The van der Waals surface area contributed by atoms with Crippen LogP contribution in [0.15, 0.2) is 24.5 Å². The van der Waals surface area contributed by atoms with Crippen LogP contribution in [0, 0.1) is 13.8 Å². The lowest BCUT2D eigenvalue weighted by atomic mass is 10.1. The van der Waals surface area contributed by atoms with Gasteiger partial charge in [0.25, 0.3) is 0 Å². The molecule has 17 heavy (non-hydrogen) atoms. The Morgan fingerprint density at radius 3 is 2.88 bits per heavy atom. The van der Waals surface area contributed by atoms with Gasteiger partial charge in [0.15, 0.2) is 5.82 Å². The molecule has 1 heterocycles. The third-order valence-electron chi connectivity index (χ3n) is 2.76. The summed E-state index contributed by atoms with van der Waals surface area (Å²) in [5.74, 6) is 0.831. The highest BCUT2D eigenvalue weighted by Gasteiger charge is 2.03. The first-order valence-electron chi connectivity index (χ1n) is 5.78. The quantitative estimate of drug-likeness (QED) is 0.868. The number of rotatable bonds is 4. The summed E-state index contributed by atoms with van der Waals surface area (Å²) in [4.78, 5) is 4.24. The zero-order chi connectivity index (χ0) is 12.3. The predicted octanol–water partition coefficient (Wildman–Crippen LogP) is 1.66. The van der Waals surface area contributed by atoms with Crippen LogP contribution in [0.4, 0.5) is 0 Å². The largest absolute Gasteiger partial charge is 0.313 e. The highest BCUT2D eigenvalue weighted by atomic mass is 15.3. The maximum absolute atomic E-state index is 4.41. The number of nitrogens with one attached hydrogen (secondary N) is 1. The maximum atomic E-state index is 4.41. The molecule has 2 aromatic rings. The van der Waals surface area contributed by atoms with Gasteiger partial charge in [-0.3, -0.25) is 0 Å². The van der Waals surface area contributed by atoms with Gasteiger partial charge in [-0.2, -0.15) is 5.10 Å². The Morgan fingerprint density at radius 1 is 1.29 bits per heavy atom. The van der Waals surface area contributed by atoms with Crippen LogP contribution in [0.1, 0.15) is 22.5 Å². The molecule has 0 amide bonds. The molecule has 4 heteroatoms. The van der Waals surface area contributed by atoms with Gasteiger partial charge in [0.1, 0.15) is 6.33 Å². The molecule has 0 saturated carbocycles. The van der Waals surface area contributed by atoms with E-state index in [4.69, 9.17) is 0 Å². The second-order valence-corrected chi connectivity index (χ2v) is 4.32. The topological polar surface area (TPSA) is 42.7 Å². The van der Waals surface area contributed by atoms with Gasteiger partial charge in [-0.1, -0.05) is 23.8 Å². The monoisotopic (exact) mass is 230 g/mol. The summed E-state index contributed by atoms with van der Waals surface area (Å²) >= 11 is 0. The van der Waals surface area contributed by atoms with E-state index in [1.54, 1.807) is 6.33 Å². The molecule has 0 aliphatic heterocycles. The summed E-state index contributed by atoms with van der Waals surface area (Å²) in [6.45, 7) is 5.72. The first-order valence-corrected chi connectivity index (χ1v) is 5.78. The highest BCUT2D eigenvalue weighted by Crippen LogP contribution is 2.11.